The maximum atomic E-state index is 12.5. The molecule has 0 amide bonds. The number of alkyl halides is 4. The predicted molar refractivity (Wildman–Crippen MR) is 109 cm³/mol. The van der Waals surface area contributed by atoms with Crippen molar-refractivity contribution in [2.75, 3.05) is 19.8 Å². The number of ether oxygens (including phenoxy) is 4. The molecule has 0 radical (unpaired) electrons. The first-order valence-corrected chi connectivity index (χ1v) is 9.66. The van der Waals surface area contributed by atoms with E-state index in [0.717, 1.165) is 0 Å². The largest absolute Gasteiger partial charge is 0.457 e. The first kappa shape index (κ1) is 32.3. The summed E-state index contributed by atoms with van der Waals surface area (Å²) in [6.07, 6.45) is -0.402. The maximum absolute atomic E-state index is 12.5. The molecule has 0 saturated heterocycles. The van der Waals surface area contributed by atoms with Gasteiger partial charge in [0.15, 0.2) is 25.9 Å². The molecule has 33 heavy (non-hydrogen) atoms. The summed E-state index contributed by atoms with van der Waals surface area (Å²) >= 11 is 0. The lowest BCUT2D eigenvalue weighted by molar-refractivity contribution is -0.172. The van der Waals surface area contributed by atoms with Crippen LogP contribution in [0.2, 0.25) is 0 Å². The van der Waals surface area contributed by atoms with Gasteiger partial charge in [-0.05, 0) is 20.3 Å². The van der Waals surface area contributed by atoms with Gasteiger partial charge in [0.2, 0.25) is 0 Å². The summed E-state index contributed by atoms with van der Waals surface area (Å²) in [6.45, 7) is 9.72. The fourth-order valence-electron chi connectivity index (χ4n) is 1.50. The van der Waals surface area contributed by atoms with Crippen LogP contribution in [0.1, 0.15) is 47.5 Å². The highest BCUT2D eigenvalue weighted by molar-refractivity contribution is 5.89. The summed E-state index contributed by atoms with van der Waals surface area (Å²) in [6, 6.07) is 0. The van der Waals surface area contributed by atoms with Crippen molar-refractivity contribution in [2.45, 2.75) is 65.4 Å². The number of hydrogen-bond acceptors (Lipinski definition) is 8. The van der Waals surface area contributed by atoms with E-state index in [9.17, 15) is 36.7 Å². The second-order valence-corrected chi connectivity index (χ2v) is 7.23. The fourth-order valence-corrected chi connectivity index (χ4v) is 1.50. The van der Waals surface area contributed by atoms with Crippen molar-refractivity contribution < 1.29 is 55.7 Å². The van der Waals surface area contributed by atoms with E-state index in [1.165, 1.54) is 13.8 Å². The Morgan fingerprint density at radius 1 is 0.818 bits per heavy atom. The monoisotopic (exact) mass is 486 g/mol. The standard InChI is InChI=1S/C12H18F2O4.C9H12F2O4/c1-5-6-9(18-10(15)8(2)3)11(16)17-7-12(4,13)14;1-6(2)8(13)14-4-7(12)15-5-9(3,10)11/h9H,2,5-7H2,1,3-4H3;1,4-5H2,2-3H3. The van der Waals surface area contributed by atoms with E-state index >= 15 is 0 Å². The topological polar surface area (TPSA) is 105 Å². The third-order valence-electron chi connectivity index (χ3n) is 3.04. The third kappa shape index (κ3) is 19.5. The Balaban J connectivity index is 0. The van der Waals surface area contributed by atoms with Gasteiger partial charge in [0.1, 0.15) is 0 Å². The predicted octanol–water partition coefficient (Wildman–Crippen LogP) is 3.78. The lowest BCUT2D eigenvalue weighted by Crippen LogP contribution is -2.32. The molecule has 0 aromatic carbocycles. The average Bonchev–Trinajstić information content (AvgIpc) is 2.67. The Hall–Kier alpha value is -2.92. The van der Waals surface area contributed by atoms with E-state index in [-0.39, 0.29) is 17.6 Å². The molecule has 190 valence electrons. The van der Waals surface area contributed by atoms with Crippen molar-refractivity contribution in [1.82, 2.24) is 0 Å². The summed E-state index contributed by atoms with van der Waals surface area (Å²) in [4.78, 5) is 44.3. The number of carbonyl (C=O) groups is 4. The van der Waals surface area contributed by atoms with Crippen molar-refractivity contribution in [3.8, 4) is 0 Å². The number of carbonyl (C=O) groups excluding carboxylic acids is 4. The second-order valence-electron chi connectivity index (χ2n) is 7.23. The van der Waals surface area contributed by atoms with E-state index in [0.29, 0.717) is 20.3 Å². The Labute approximate surface area is 189 Å². The molecule has 1 unspecified atom stereocenters. The molecule has 12 heteroatoms. The molecule has 0 aliphatic rings. The van der Waals surface area contributed by atoms with Gasteiger partial charge in [-0.25, -0.2) is 36.7 Å². The highest BCUT2D eigenvalue weighted by Crippen LogP contribution is 2.14. The summed E-state index contributed by atoms with van der Waals surface area (Å²) in [5.41, 5.74) is 0.244. The molecule has 8 nitrogen and oxygen atoms in total. The van der Waals surface area contributed by atoms with E-state index in [4.69, 9.17) is 4.74 Å². The second kappa shape index (κ2) is 15.0. The normalized spacial score (nSPS) is 11.8. The molecule has 0 rings (SSSR count). The third-order valence-corrected chi connectivity index (χ3v) is 3.04. The zero-order valence-electron chi connectivity index (χ0n) is 19.3. The summed E-state index contributed by atoms with van der Waals surface area (Å²) in [5, 5.41) is 0. The number of esters is 4. The minimum absolute atomic E-state index is 0.114. The van der Waals surface area contributed by atoms with Gasteiger partial charge in [0.05, 0.1) is 0 Å². The molecule has 0 saturated carbocycles. The van der Waals surface area contributed by atoms with Crippen LogP contribution in [0.3, 0.4) is 0 Å². The van der Waals surface area contributed by atoms with Gasteiger partial charge >= 0.3 is 23.9 Å². The molecule has 1 atom stereocenters. The van der Waals surface area contributed by atoms with Crippen LogP contribution in [0.5, 0.6) is 0 Å². The molecule has 0 aliphatic heterocycles. The van der Waals surface area contributed by atoms with E-state index in [1.54, 1.807) is 6.92 Å². The number of hydrogen-bond donors (Lipinski definition) is 0. The maximum Gasteiger partial charge on any atom is 0.347 e. The van der Waals surface area contributed by atoms with Crippen molar-refractivity contribution in [3.05, 3.63) is 24.3 Å². The molecule has 0 spiro atoms. The van der Waals surface area contributed by atoms with Crippen LogP contribution in [0, 0.1) is 0 Å². The van der Waals surface area contributed by atoms with Crippen LogP contribution in [0.15, 0.2) is 24.3 Å². The number of halogens is 4. The smallest absolute Gasteiger partial charge is 0.347 e. The van der Waals surface area contributed by atoms with Gasteiger partial charge in [0, 0.05) is 25.0 Å². The van der Waals surface area contributed by atoms with Gasteiger partial charge in [-0.1, -0.05) is 26.5 Å². The fraction of sp³-hybridized carbons (Fsp3) is 0.619. The number of rotatable bonds is 12. The minimum Gasteiger partial charge on any atom is -0.457 e. The molecule has 0 aromatic rings. The molecular formula is C21H30F4O8. The van der Waals surface area contributed by atoms with Crippen molar-refractivity contribution in [3.63, 3.8) is 0 Å². The minimum atomic E-state index is -3.11. The van der Waals surface area contributed by atoms with Crippen LogP contribution in [-0.4, -0.2) is 61.6 Å². The van der Waals surface area contributed by atoms with E-state index in [2.05, 4.69) is 27.4 Å². The van der Waals surface area contributed by atoms with Gasteiger partial charge < -0.3 is 18.9 Å². The Kier molecular flexibility index (Phi) is 14.7. The quantitative estimate of drug-likeness (QED) is 0.178. The molecule has 0 heterocycles. The lowest BCUT2D eigenvalue weighted by atomic mass is 10.2. The molecule has 0 bridgehead atoms. The van der Waals surface area contributed by atoms with Crippen molar-refractivity contribution in [1.29, 1.82) is 0 Å². The van der Waals surface area contributed by atoms with Gasteiger partial charge in [-0.15, -0.1) is 0 Å². The van der Waals surface area contributed by atoms with Crippen LogP contribution in [-0.2, 0) is 38.1 Å². The molecule has 0 aliphatic carbocycles. The SMILES string of the molecule is C=C(C)C(=O)OC(CCC)C(=O)OCC(C)(F)F.C=C(C)C(=O)OCC(=O)OCC(C)(F)F. The first-order valence-electron chi connectivity index (χ1n) is 9.66. The van der Waals surface area contributed by atoms with Gasteiger partial charge in [-0.2, -0.15) is 0 Å². The highest BCUT2D eigenvalue weighted by Gasteiger charge is 2.29. The van der Waals surface area contributed by atoms with E-state index in [1.807, 2.05) is 0 Å². The Morgan fingerprint density at radius 2 is 1.27 bits per heavy atom. The van der Waals surface area contributed by atoms with Crippen LogP contribution in [0.4, 0.5) is 17.6 Å². The Morgan fingerprint density at radius 3 is 1.67 bits per heavy atom. The lowest BCUT2D eigenvalue weighted by Gasteiger charge is -2.17. The van der Waals surface area contributed by atoms with Gasteiger partial charge in [0.25, 0.3) is 11.8 Å². The van der Waals surface area contributed by atoms with Crippen molar-refractivity contribution >= 4 is 23.9 Å². The van der Waals surface area contributed by atoms with Crippen molar-refractivity contribution in [2.24, 2.45) is 0 Å². The zero-order valence-corrected chi connectivity index (χ0v) is 19.3. The average molecular weight is 486 g/mol. The summed E-state index contributed by atoms with van der Waals surface area (Å²) < 4.78 is 67.2. The first-order chi connectivity index (χ1) is 14.9. The van der Waals surface area contributed by atoms with Crippen LogP contribution in [0.25, 0.3) is 0 Å². The summed E-state index contributed by atoms with van der Waals surface area (Å²) in [5.74, 6) is -9.69. The molecular weight excluding hydrogens is 456 g/mol. The molecule has 0 aromatic heterocycles. The molecule has 0 N–H and O–H groups in total. The molecule has 0 fully saturated rings. The van der Waals surface area contributed by atoms with E-state index < -0.39 is 61.6 Å². The summed E-state index contributed by atoms with van der Waals surface area (Å²) in [7, 11) is 0. The Bertz CT molecular complexity index is 708. The van der Waals surface area contributed by atoms with Gasteiger partial charge in [-0.3, -0.25) is 0 Å². The van der Waals surface area contributed by atoms with Crippen LogP contribution < -0.4 is 0 Å². The highest BCUT2D eigenvalue weighted by atomic mass is 19.3. The zero-order chi connectivity index (χ0) is 26.4. The van der Waals surface area contributed by atoms with Crippen LogP contribution >= 0.6 is 0 Å².